The van der Waals surface area contributed by atoms with Crippen molar-refractivity contribution >= 4 is 50.1 Å². The standard InChI is InChI=1S/C18H22ClN3O3S2/c1-21-7-9-22(10-8-21)15-12-14(4-5-16(15)25-2)20-27(23,24)18-11-13(19)3-6-17(18)26/h3-5,11-12,20H,6-10H2,1-2H3. The smallest absolute Gasteiger partial charge is 0.263 e. The Hall–Kier alpha value is -1.61. The predicted molar refractivity (Wildman–Crippen MR) is 114 cm³/mol. The molecule has 0 bridgehead atoms. The van der Waals surface area contributed by atoms with Crippen LogP contribution in [0.4, 0.5) is 11.4 Å². The maximum absolute atomic E-state index is 12.8. The number of nitrogens with zero attached hydrogens (tertiary/aromatic N) is 2. The van der Waals surface area contributed by atoms with Crippen molar-refractivity contribution in [2.75, 3.05) is 50.0 Å². The highest BCUT2D eigenvalue weighted by Gasteiger charge is 2.25. The maximum Gasteiger partial charge on any atom is 0.263 e. The Kier molecular flexibility index (Phi) is 6.10. The number of sulfonamides is 1. The van der Waals surface area contributed by atoms with Gasteiger partial charge < -0.3 is 14.5 Å². The lowest BCUT2D eigenvalue weighted by molar-refractivity contribution is 0.311. The number of thiocarbonyl (C=S) groups is 1. The van der Waals surface area contributed by atoms with Gasteiger partial charge >= 0.3 is 0 Å². The van der Waals surface area contributed by atoms with Crippen LogP contribution < -0.4 is 14.4 Å². The molecule has 1 fully saturated rings. The highest BCUT2D eigenvalue weighted by Crippen LogP contribution is 2.33. The van der Waals surface area contributed by atoms with Crippen molar-refractivity contribution in [1.29, 1.82) is 0 Å². The number of anilines is 2. The van der Waals surface area contributed by atoms with Gasteiger partial charge in [0.05, 0.1) is 18.5 Å². The summed E-state index contributed by atoms with van der Waals surface area (Å²) in [6.45, 7) is 3.56. The Balaban J connectivity index is 1.88. The van der Waals surface area contributed by atoms with Crippen LogP contribution in [0.15, 0.2) is 40.3 Å². The molecule has 0 spiro atoms. The molecular formula is C18H22ClN3O3S2. The number of benzene rings is 1. The molecule has 0 aromatic heterocycles. The van der Waals surface area contributed by atoms with E-state index in [1.807, 2.05) is 0 Å². The summed E-state index contributed by atoms with van der Waals surface area (Å²) in [6.07, 6.45) is 3.43. The minimum Gasteiger partial charge on any atom is -0.495 e. The first-order valence-corrected chi connectivity index (χ1v) is 10.8. The molecule has 3 rings (SSSR count). The number of ether oxygens (including phenoxy) is 1. The van der Waals surface area contributed by atoms with Crippen molar-refractivity contribution in [2.45, 2.75) is 6.42 Å². The van der Waals surface area contributed by atoms with Gasteiger partial charge in [0.15, 0.2) is 0 Å². The Labute approximate surface area is 170 Å². The van der Waals surface area contributed by atoms with Gasteiger partial charge in [-0.1, -0.05) is 29.9 Å². The predicted octanol–water partition coefficient (Wildman–Crippen LogP) is 2.97. The van der Waals surface area contributed by atoms with Crippen LogP contribution in [0.1, 0.15) is 6.42 Å². The van der Waals surface area contributed by atoms with Crippen LogP contribution in [0.5, 0.6) is 5.75 Å². The van der Waals surface area contributed by atoms with Crippen molar-refractivity contribution in [2.24, 2.45) is 0 Å². The maximum atomic E-state index is 12.8. The molecule has 1 heterocycles. The molecule has 6 nitrogen and oxygen atoms in total. The van der Waals surface area contributed by atoms with Gasteiger partial charge in [0.2, 0.25) is 0 Å². The lowest BCUT2D eigenvalue weighted by Crippen LogP contribution is -2.44. The fraction of sp³-hybridized carbons (Fsp3) is 0.389. The summed E-state index contributed by atoms with van der Waals surface area (Å²) in [5, 5.41) is 0.372. The molecule has 0 atom stereocenters. The number of nitrogens with one attached hydrogen (secondary N) is 1. The largest absolute Gasteiger partial charge is 0.495 e. The molecule has 1 aromatic rings. The van der Waals surface area contributed by atoms with Crippen molar-refractivity contribution in [1.82, 2.24) is 4.90 Å². The zero-order chi connectivity index (χ0) is 19.6. The molecule has 0 saturated carbocycles. The summed E-state index contributed by atoms with van der Waals surface area (Å²) < 4.78 is 33.7. The average Bonchev–Trinajstić information content (AvgIpc) is 2.64. The van der Waals surface area contributed by atoms with Gasteiger partial charge in [-0.3, -0.25) is 4.72 Å². The second kappa shape index (κ2) is 8.18. The number of hydrogen-bond acceptors (Lipinski definition) is 6. The molecule has 146 valence electrons. The Bertz CT molecular complexity index is 904. The van der Waals surface area contributed by atoms with Gasteiger partial charge in [-0.2, -0.15) is 0 Å². The Morgan fingerprint density at radius 1 is 1.22 bits per heavy atom. The summed E-state index contributed by atoms with van der Waals surface area (Å²) in [6, 6.07) is 5.25. The van der Waals surface area contributed by atoms with Gasteiger partial charge in [0.1, 0.15) is 10.7 Å². The van der Waals surface area contributed by atoms with E-state index in [1.165, 1.54) is 6.08 Å². The second-order valence-corrected chi connectivity index (χ2v) is 9.09. The van der Waals surface area contributed by atoms with Crippen LogP contribution in [-0.4, -0.2) is 58.5 Å². The van der Waals surface area contributed by atoms with Crippen molar-refractivity contribution in [3.05, 3.63) is 40.3 Å². The molecule has 1 aliphatic heterocycles. The van der Waals surface area contributed by atoms with Gasteiger partial charge in [-0.15, -0.1) is 0 Å². The van der Waals surface area contributed by atoms with E-state index in [4.69, 9.17) is 28.6 Å². The number of rotatable bonds is 5. The summed E-state index contributed by atoms with van der Waals surface area (Å²) in [4.78, 5) is 4.84. The topological polar surface area (TPSA) is 61.9 Å². The minimum absolute atomic E-state index is 0.0435. The average molecular weight is 428 g/mol. The van der Waals surface area contributed by atoms with E-state index in [-0.39, 0.29) is 4.91 Å². The molecule has 1 saturated heterocycles. The molecule has 0 unspecified atom stereocenters. The van der Waals surface area contributed by atoms with Gasteiger partial charge in [-0.25, -0.2) is 8.42 Å². The zero-order valence-corrected chi connectivity index (χ0v) is 17.6. The number of piperazine rings is 1. The fourth-order valence-electron chi connectivity index (χ4n) is 3.04. The van der Waals surface area contributed by atoms with Crippen LogP contribution >= 0.6 is 23.8 Å². The fourth-order valence-corrected chi connectivity index (χ4v) is 4.98. The van der Waals surface area contributed by atoms with Gasteiger partial charge in [-0.05, 0) is 31.3 Å². The molecule has 1 N–H and O–H groups in total. The number of halogens is 1. The number of likely N-dealkylation sites (N-methyl/N-ethyl adjacent to an activating group) is 1. The van der Waals surface area contributed by atoms with Crippen molar-refractivity contribution in [3.63, 3.8) is 0 Å². The normalized spacial score (nSPS) is 18.8. The van der Waals surface area contributed by atoms with Crippen LogP contribution in [0.2, 0.25) is 0 Å². The SMILES string of the molecule is COc1ccc(NS(=O)(=O)C2=CC(Cl)=CCC2=S)cc1N1CCN(C)CC1. The molecule has 2 aliphatic rings. The number of hydrogen-bond donors (Lipinski definition) is 1. The number of allylic oxidation sites excluding steroid dienone is 4. The highest BCUT2D eigenvalue weighted by atomic mass is 35.5. The first kappa shape index (κ1) is 20.1. The third kappa shape index (κ3) is 4.63. The summed E-state index contributed by atoms with van der Waals surface area (Å²) in [5.41, 5.74) is 1.32. The second-order valence-electron chi connectivity index (χ2n) is 6.51. The minimum atomic E-state index is -3.82. The van der Waals surface area contributed by atoms with Gasteiger partial charge in [0.25, 0.3) is 10.0 Å². The van der Waals surface area contributed by atoms with E-state index in [2.05, 4.69) is 21.6 Å². The molecule has 0 amide bonds. The Morgan fingerprint density at radius 2 is 1.93 bits per heavy atom. The molecular weight excluding hydrogens is 406 g/mol. The highest BCUT2D eigenvalue weighted by molar-refractivity contribution is 7.99. The van der Waals surface area contributed by atoms with Crippen LogP contribution in [0, 0.1) is 0 Å². The Morgan fingerprint density at radius 3 is 2.59 bits per heavy atom. The summed E-state index contributed by atoms with van der Waals surface area (Å²) >= 11 is 11.2. The lowest BCUT2D eigenvalue weighted by atomic mass is 10.2. The monoisotopic (exact) mass is 427 g/mol. The zero-order valence-electron chi connectivity index (χ0n) is 15.2. The first-order valence-electron chi connectivity index (χ1n) is 8.55. The van der Waals surface area contributed by atoms with Crippen molar-refractivity contribution < 1.29 is 13.2 Å². The quantitative estimate of drug-likeness (QED) is 0.729. The summed E-state index contributed by atoms with van der Waals surface area (Å²) in [5.74, 6) is 0.709. The molecule has 1 aromatic carbocycles. The van der Waals surface area contributed by atoms with Crippen molar-refractivity contribution in [3.8, 4) is 5.75 Å². The van der Waals surface area contributed by atoms with Gasteiger partial charge in [0, 0.05) is 42.5 Å². The van der Waals surface area contributed by atoms with Crippen LogP contribution in [0.3, 0.4) is 0 Å². The van der Waals surface area contributed by atoms with Crippen LogP contribution in [-0.2, 0) is 10.0 Å². The van der Waals surface area contributed by atoms with E-state index < -0.39 is 10.0 Å². The summed E-state index contributed by atoms with van der Waals surface area (Å²) in [7, 11) is -0.125. The van der Waals surface area contributed by atoms with Crippen LogP contribution in [0.25, 0.3) is 0 Å². The van der Waals surface area contributed by atoms with E-state index in [9.17, 15) is 8.42 Å². The third-order valence-electron chi connectivity index (χ3n) is 4.59. The molecule has 0 radical (unpaired) electrons. The first-order chi connectivity index (χ1) is 12.8. The lowest BCUT2D eigenvalue weighted by Gasteiger charge is -2.35. The third-order valence-corrected chi connectivity index (χ3v) is 6.82. The van der Waals surface area contributed by atoms with E-state index in [0.717, 1.165) is 31.9 Å². The van der Waals surface area contributed by atoms with E-state index >= 15 is 0 Å². The molecule has 9 heteroatoms. The number of methoxy groups -OCH3 is 1. The molecule has 1 aliphatic carbocycles. The molecule has 27 heavy (non-hydrogen) atoms. The van der Waals surface area contributed by atoms with E-state index in [0.29, 0.717) is 27.8 Å². The van der Waals surface area contributed by atoms with E-state index in [1.54, 1.807) is 31.4 Å².